The number of carbonyl (C=O) groups excluding carboxylic acids is 1. The van der Waals surface area contributed by atoms with Crippen LogP contribution in [0.5, 0.6) is 0 Å². The number of hydrogen-bond donors (Lipinski definition) is 1. The van der Waals surface area contributed by atoms with Crippen LogP contribution in [0.3, 0.4) is 0 Å². The van der Waals surface area contributed by atoms with Crippen LogP contribution in [0.4, 0.5) is 10.1 Å². The number of hydrogen-bond acceptors (Lipinski definition) is 4. The van der Waals surface area contributed by atoms with E-state index in [4.69, 9.17) is 0 Å². The normalized spacial score (nSPS) is 11.9. The number of rotatable bonds is 6. The van der Waals surface area contributed by atoms with Gasteiger partial charge in [0.1, 0.15) is 5.82 Å². The summed E-state index contributed by atoms with van der Waals surface area (Å²) in [7, 11) is 0. The molecule has 1 atom stereocenters. The van der Waals surface area contributed by atoms with Crippen LogP contribution in [0.2, 0.25) is 0 Å². The first-order chi connectivity index (χ1) is 13.5. The van der Waals surface area contributed by atoms with Gasteiger partial charge in [-0.15, -0.1) is 0 Å². The molecule has 1 N–H and O–H groups in total. The Hall–Kier alpha value is -3.87. The van der Waals surface area contributed by atoms with E-state index < -0.39 is 28.4 Å². The first-order valence-electron chi connectivity index (χ1n) is 8.43. The number of benzene rings is 2. The Morgan fingerprint density at radius 3 is 2.54 bits per heavy atom. The molecular formula is C21H16FN3O3. The maximum absolute atomic E-state index is 13.2. The Bertz CT molecular complexity index is 968. The van der Waals surface area contributed by atoms with Gasteiger partial charge in [0, 0.05) is 12.3 Å². The smallest absolute Gasteiger partial charge is 0.279 e. The van der Waals surface area contributed by atoms with Crippen molar-refractivity contribution < 1.29 is 14.1 Å². The van der Waals surface area contributed by atoms with Gasteiger partial charge >= 0.3 is 0 Å². The SMILES string of the molecule is O=C(C=Cc1ccc(F)cc1[N+](=O)[O-])NC(c1ccccc1)c1ccccn1. The zero-order chi connectivity index (χ0) is 19.9. The van der Waals surface area contributed by atoms with E-state index in [0.29, 0.717) is 5.69 Å². The van der Waals surface area contributed by atoms with Gasteiger partial charge in [-0.2, -0.15) is 0 Å². The van der Waals surface area contributed by atoms with Crippen LogP contribution >= 0.6 is 0 Å². The zero-order valence-electron chi connectivity index (χ0n) is 14.7. The molecule has 3 rings (SSSR count). The fraction of sp³-hybridized carbons (Fsp3) is 0.0476. The van der Waals surface area contributed by atoms with E-state index in [0.717, 1.165) is 17.7 Å². The predicted molar refractivity (Wildman–Crippen MR) is 103 cm³/mol. The summed E-state index contributed by atoms with van der Waals surface area (Å²) >= 11 is 0. The molecular weight excluding hydrogens is 361 g/mol. The van der Waals surface area contributed by atoms with E-state index in [-0.39, 0.29) is 5.56 Å². The molecule has 0 bridgehead atoms. The summed E-state index contributed by atoms with van der Waals surface area (Å²) in [6, 6.07) is 17.4. The number of aromatic nitrogens is 1. The summed E-state index contributed by atoms with van der Waals surface area (Å²) in [5.41, 5.74) is 1.22. The van der Waals surface area contributed by atoms with Gasteiger partial charge in [0.05, 0.1) is 28.3 Å². The quantitative estimate of drug-likeness (QED) is 0.399. The molecule has 0 saturated heterocycles. The maximum atomic E-state index is 13.2. The summed E-state index contributed by atoms with van der Waals surface area (Å²) in [5.74, 6) is -1.18. The predicted octanol–water partition coefficient (Wildman–Crippen LogP) is 4.05. The number of nitrogens with zero attached hydrogens (tertiary/aromatic N) is 2. The lowest BCUT2D eigenvalue weighted by Gasteiger charge is -2.17. The van der Waals surface area contributed by atoms with Gasteiger partial charge in [0.2, 0.25) is 5.91 Å². The summed E-state index contributed by atoms with van der Waals surface area (Å²) in [4.78, 5) is 27.1. The zero-order valence-corrected chi connectivity index (χ0v) is 14.7. The fourth-order valence-corrected chi connectivity index (χ4v) is 2.69. The average molecular weight is 377 g/mol. The number of nitrogens with one attached hydrogen (secondary N) is 1. The van der Waals surface area contributed by atoms with E-state index in [1.54, 1.807) is 18.3 Å². The minimum atomic E-state index is -0.715. The van der Waals surface area contributed by atoms with Gasteiger partial charge in [-0.3, -0.25) is 19.9 Å². The summed E-state index contributed by atoms with van der Waals surface area (Å²) in [6.45, 7) is 0. The van der Waals surface area contributed by atoms with Gasteiger partial charge in [0.25, 0.3) is 5.69 Å². The van der Waals surface area contributed by atoms with Crippen LogP contribution in [0.1, 0.15) is 22.9 Å². The molecule has 0 aliphatic heterocycles. The van der Waals surface area contributed by atoms with E-state index in [1.807, 2.05) is 36.4 Å². The molecule has 28 heavy (non-hydrogen) atoms. The number of halogens is 1. The molecule has 2 aromatic carbocycles. The highest BCUT2D eigenvalue weighted by molar-refractivity contribution is 5.92. The van der Waals surface area contributed by atoms with E-state index in [1.165, 1.54) is 18.2 Å². The fourth-order valence-electron chi connectivity index (χ4n) is 2.69. The van der Waals surface area contributed by atoms with Crippen molar-refractivity contribution in [3.63, 3.8) is 0 Å². The van der Waals surface area contributed by atoms with Crippen molar-refractivity contribution in [2.24, 2.45) is 0 Å². The van der Waals surface area contributed by atoms with Gasteiger partial charge in [-0.25, -0.2) is 4.39 Å². The Morgan fingerprint density at radius 1 is 1.11 bits per heavy atom. The van der Waals surface area contributed by atoms with Crippen molar-refractivity contribution in [3.8, 4) is 0 Å². The Balaban J connectivity index is 1.84. The van der Waals surface area contributed by atoms with Crippen LogP contribution in [-0.4, -0.2) is 15.8 Å². The Morgan fingerprint density at radius 2 is 1.86 bits per heavy atom. The topological polar surface area (TPSA) is 85.1 Å². The second-order valence-electron chi connectivity index (χ2n) is 5.90. The number of nitro benzene ring substituents is 1. The summed E-state index contributed by atoms with van der Waals surface area (Å²) in [6.07, 6.45) is 4.10. The van der Waals surface area contributed by atoms with Gasteiger partial charge in [-0.1, -0.05) is 36.4 Å². The minimum absolute atomic E-state index is 0.135. The number of amides is 1. The molecule has 1 unspecified atom stereocenters. The Kier molecular flexibility index (Phi) is 5.86. The molecule has 7 heteroatoms. The van der Waals surface area contributed by atoms with E-state index >= 15 is 0 Å². The van der Waals surface area contributed by atoms with Gasteiger partial charge in [0.15, 0.2) is 0 Å². The third-order valence-corrected chi connectivity index (χ3v) is 4.01. The third kappa shape index (κ3) is 4.64. The highest BCUT2D eigenvalue weighted by Crippen LogP contribution is 2.22. The van der Waals surface area contributed by atoms with Crippen LogP contribution in [-0.2, 0) is 4.79 Å². The molecule has 1 amide bonds. The molecule has 0 saturated carbocycles. The number of nitro groups is 1. The van der Waals surface area contributed by atoms with Gasteiger partial charge in [-0.05, 0) is 35.9 Å². The summed E-state index contributed by atoms with van der Waals surface area (Å²) < 4.78 is 13.2. The van der Waals surface area contributed by atoms with Crippen molar-refractivity contribution in [3.05, 3.63) is 112 Å². The molecule has 6 nitrogen and oxygen atoms in total. The van der Waals surface area contributed by atoms with Crippen LogP contribution in [0.15, 0.2) is 79.0 Å². The molecule has 140 valence electrons. The van der Waals surface area contributed by atoms with Crippen LogP contribution < -0.4 is 5.32 Å². The second-order valence-corrected chi connectivity index (χ2v) is 5.90. The standard InChI is InChI=1S/C21H16FN3O3/c22-17-11-9-15(19(14-17)25(27)28)10-12-20(26)24-21(16-6-2-1-3-7-16)18-8-4-5-13-23-18/h1-14,21H,(H,24,26). The molecule has 0 spiro atoms. The summed E-state index contributed by atoms with van der Waals surface area (Å²) in [5, 5.41) is 13.9. The lowest BCUT2D eigenvalue weighted by Crippen LogP contribution is -2.28. The lowest BCUT2D eigenvalue weighted by atomic mass is 10.0. The van der Waals surface area contributed by atoms with Crippen molar-refractivity contribution in [2.45, 2.75) is 6.04 Å². The van der Waals surface area contributed by atoms with Crippen molar-refractivity contribution in [2.75, 3.05) is 0 Å². The molecule has 3 aromatic rings. The van der Waals surface area contributed by atoms with Crippen molar-refractivity contribution >= 4 is 17.7 Å². The molecule has 0 aliphatic rings. The highest BCUT2D eigenvalue weighted by atomic mass is 19.1. The molecule has 1 aromatic heterocycles. The third-order valence-electron chi connectivity index (χ3n) is 4.01. The number of carbonyl (C=O) groups is 1. The molecule has 1 heterocycles. The Labute approximate surface area is 160 Å². The first kappa shape index (κ1) is 18.9. The molecule has 0 fully saturated rings. The number of pyridine rings is 1. The second kappa shape index (κ2) is 8.68. The van der Waals surface area contributed by atoms with Crippen molar-refractivity contribution in [1.29, 1.82) is 0 Å². The first-order valence-corrected chi connectivity index (χ1v) is 8.43. The van der Waals surface area contributed by atoms with E-state index in [2.05, 4.69) is 10.3 Å². The molecule has 0 aliphatic carbocycles. The van der Waals surface area contributed by atoms with Crippen LogP contribution in [0, 0.1) is 15.9 Å². The van der Waals surface area contributed by atoms with Crippen molar-refractivity contribution in [1.82, 2.24) is 10.3 Å². The van der Waals surface area contributed by atoms with Crippen LogP contribution in [0.25, 0.3) is 6.08 Å². The maximum Gasteiger partial charge on any atom is 0.279 e. The lowest BCUT2D eigenvalue weighted by molar-refractivity contribution is -0.385. The highest BCUT2D eigenvalue weighted by Gasteiger charge is 2.17. The minimum Gasteiger partial charge on any atom is -0.340 e. The monoisotopic (exact) mass is 377 g/mol. The van der Waals surface area contributed by atoms with E-state index in [9.17, 15) is 19.3 Å². The molecule has 0 radical (unpaired) electrons. The average Bonchev–Trinajstić information content (AvgIpc) is 2.72. The largest absolute Gasteiger partial charge is 0.340 e. The van der Waals surface area contributed by atoms with Gasteiger partial charge < -0.3 is 5.32 Å².